The minimum absolute atomic E-state index is 0.360. The van der Waals surface area contributed by atoms with Crippen LogP contribution in [0.15, 0.2) is 59.6 Å². The SMILES string of the molecule is COc1ccc(NC(N)=NCc2ccccc2-n2nc(C)cc2C)cc1. The Morgan fingerprint density at radius 2 is 1.88 bits per heavy atom. The number of ether oxygens (including phenoxy) is 1. The lowest BCUT2D eigenvalue weighted by atomic mass is 10.2. The summed E-state index contributed by atoms with van der Waals surface area (Å²) in [7, 11) is 1.64. The Morgan fingerprint density at radius 1 is 1.15 bits per heavy atom. The molecular weight excluding hydrogens is 326 g/mol. The summed E-state index contributed by atoms with van der Waals surface area (Å²) in [5.74, 6) is 1.16. The van der Waals surface area contributed by atoms with Crippen molar-refractivity contribution in [1.29, 1.82) is 0 Å². The van der Waals surface area contributed by atoms with Gasteiger partial charge in [0.15, 0.2) is 5.96 Å². The number of nitrogens with zero attached hydrogens (tertiary/aromatic N) is 3. The van der Waals surface area contributed by atoms with E-state index in [4.69, 9.17) is 10.5 Å². The smallest absolute Gasteiger partial charge is 0.193 e. The fourth-order valence-corrected chi connectivity index (χ4v) is 2.76. The predicted octanol–water partition coefficient (Wildman–Crippen LogP) is 3.42. The Bertz CT molecular complexity index is 912. The third-order valence-electron chi connectivity index (χ3n) is 4.01. The van der Waals surface area contributed by atoms with E-state index in [0.717, 1.165) is 34.1 Å². The predicted molar refractivity (Wildman–Crippen MR) is 105 cm³/mol. The van der Waals surface area contributed by atoms with Crippen molar-refractivity contribution in [2.45, 2.75) is 20.4 Å². The van der Waals surface area contributed by atoms with Gasteiger partial charge >= 0.3 is 0 Å². The number of methoxy groups -OCH3 is 1. The number of aliphatic imine (C=N–C) groups is 1. The van der Waals surface area contributed by atoms with Gasteiger partial charge < -0.3 is 15.8 Å². The maximum Gasteiger partial charge on any atom is 0.193 e. The number of para-hydroxylation sites is 1. The molecule has 2 aromatic carbocycles. The van der Waals surface area contributed by atoms with Crippen LogP contribution in [0.3, 0.4) is 0 Å². The van der Waals surface area contributed by atoms with Crippen molar-refractivity contribution in [2.75, 3.05) is 12.4 Å². The van der Waals surface area contributed by atoms with Gasteiger partial charge in [-0.2, -0.15) is 5.10 Å². The van der Waals surface area contributed by atoms with Crippen LogP contribution in [0.5, 0.6) is 5.75 Å². The van der Waals surface area contributed by atoms with E-state index in [9.17, 15) is 0 Å². The standard InChI is InChI=1S/C20H23N5O/c1-14-12-15(2)25(24-14)19-7-5-4-6-16(19)13-22-20(21)23-17-8-10-18(26-3)11-9-17/h4-12H,13H2,1-3H3,(H3,21,22,23). The van der Waals surface area contributed by atoms with Crippen LogP contribution in [0.2, 0.25) is 0 Å². The molecule has 0 saturated carbocycles. The summed E-state index contributed by atoms with van der Waals surface area (Å²) in [6.07, 6.45) is 0. The number of guanidine groups is 1. The third kappa shape index (κ3) is 4.03. The Balaban J connectivity index is 1.76. The highest BCUT2D eigenvalue weighted by Crippen LogP contribution is 2.18. The zero-order chi connectivity index (χ0) is 18.5. The van der Waals surface area contributed by atoms with Crippen LogP contribution in [0.4, 0.5) is 5.69 Å². The number of rotatable bonds is 5. The lowest BCUT2D eigenvalue weighted by Crippen LogP contribution is -2.22. The Labute approximate surface area is 153 Å². The molecule has 134 valence electrons. The zero-order valence-corrected chi connectivity index (χ0v) is 15.2. The molecule has 1 aromatic heterocycles. The second kappa shape index (κ2) is 7.74. The maximum absolute atomic E-state index is 6.03. The Hall–Kier alpha value is -3.28. The van der Waals surface area contributed by atoms with Crippen molar-refractivity contribution >= 4 is 11.6 Å². The first-order valence-corrected chi connectivity index (χ1v) is 8.39. The first-order valence-electron chi connectivity index (χ1n) is 8.39. The summed E-state index contributed by atoms with van der Waals surface area (Å²) in [5, 5.41) is 7.65. The van der Waals surface area contributed by atoms with Crippen LogP contribution in [0.1, 0.15) is 17.0 Å². The molecular formula is C20H23N5O. The van der Waals surface area contributed by atoms with Crippen molar-refractivity contribution < 1.29 is 4.74 Å². The number of aromatic nitrogens is 2. The average Bonchev–Trinajstić information content (AvgIpc) is 2.99. The molecule has 26 heavy (non-hydrogen) atoms. The van der Waals surface area contributed by atoms with Crippen molar-refractivity contribution in [1.82, 2.24) is 9.78 Å². The first kappa shape index (κ1) is 17.5. The second-order valence-electron chi connectivity index (χ2n) is 6.02. The highest BCUT2D eigenvalue weighted by Gasteiger charge is 2.08. The first-order chi connectivity index (χ1) is 12.6. The fourth-order valence-electron chi connectivity index (χ4n) is 2.76. The van der Waals surface area contributed by atoms with Crippen molar-refractivity contribution in [2.24, 2.45) is 10.7 Å². The third-order valence-corrected chi connectivity index (χ3v) is 4.01. The molecule has 0 saturated heterocycles. The van der Waals surface area contributed by atoms with Crippen LogP contribution >= 0.6 is 0 Å². The highest BCUT2D eigenvalue weighted by molar-refractivity contribution is 5.92. The quantitative estimate of drug-likeness (QED) is 0.546. The molecule has 3 rings (SSSR count). The number of hydrogen-bond donors (Lipinski definition) is 2. The molecule has 3 aromatic rings. The van der Waals surface area contributed by atoms with Gasteiger partial charge in [-0.15, -0.1) is 0 Å². The molecule has 0 aliphatic heterocycles. The maximum atomic E-state index is 6.03. The van der Waals surface area contributed by atoms with E-state index in [0.29, 0.717) is 12.5 Å². The van der Waals surface area contributed by atoms with E-state index < -0.39 is 0 Å². The zero-order valence-electron chi connectivity index (χ0n) is 15.2. The molecule has 0 spiro atoms. The molecule has 0 bridgehead atoms. The molecule has 0 radical (unpaired) electrons. The van der Waals surface area contributed by atoms with Gasteiger partial charge in [-0.05, 0) is 55.8 Å². The molecule has 0 amide bonds. The van der Waals surface area contributed by atoms with Crippen molar-refractivity contribution in [3.63, 3.8) is 0 Å². The van der Waals surface area contributed by atoms with Gasteiger partial charge in [-0.25, -0.2) is 9.67 Å². The summed E-state index contributed by atoms with van der Waals surface area (Å²) in [6.45, 7) is 4.49. The molecule has 0 unspecified atom stereocenters. The van der Waals surface area contributed by atoms with Gasteiger partial charge in [0, 0.05) is 11.4 Å². The minimum atomic E-state index is 0.360. The van der Waals surface area contributed by atoms with Gasteiger partial charge in [0.2, 0.25) is 0 Å². The molecule has 6 nitrogen and oxygen atoms in total. The summed E-state index contributed by atoms with van der Waals surface area (Å²) in [6, 6.07) is 17.6. The van der Waals surface area contributed by atoms with Gasteiger partial charge in [-0.1, -0.05) is 18.2 Å². The molecule has 6 heteroatoms. The normalized spacial score (nSPS) is 11.4. The van der Waals surface area contributed by atoms with Gasteiger partial charge in [-0.3, -0.25) is 0 Å². The van der Waals surface area contributed by atoms with E-state index in [1.165, 1.54) is 0 Å². The van der Waals surface area contributed by atoms with E-state index >= 15 is 0 Å². The number of benzene rings is 2. The largest absolute Gasteiger partial charge is 0.497 e. The van der Waals surface area contributed by atoms with Crippen molar-refractivity contribution in [3.8, 4) is 11.4 Å². The van der Waals surface area contributed by atoms with E-state index in [2.05, 4.69) is 21.5 Å². The van der Waals surface area contributed by atoms with Gasteiger partial charge in [0.1, 0.15) is 5.75 Å². The fraction of sp³-hybridized carbons (Fsp3) is 0.200. The van der Waals surface area contributed by atoms with Gasteiger partial charge in [0.05, 0.1) is 25.0 Å². The second-order valence-corrected chi connectivity index (χ2v) is 6.02. The highest BCUT2D eigenvalue weighted by atomic mass is 16.5. The van der Waals surface area contributed by atoms with E-state index in [1.54, 1.807) is 7.11 Å². The van der Waals surface area contributed by atoms with Crippen LogP contribution in [0, 0.1) is 13.8 Å². The van der Waals surface area contributed by atoms with Crippen LogP contribution in [-0.2, 0) is 6.54 Å². The molecule has 0 aliphatic rings. The van der Waals surface area contributed by atoms with Gasteiger partial charge in [0.25, 0.3) is 0 Å². The Kier molecular flexibility index (Phi) is 5.22. The van der Waals surface area contributed by atoms with E-state index in [1.807, 2.05) is 67.1 Å². The number of nitrogens with two attached hydrogens (primary N) is 1. The number of aryl methyl sites for hydroxylation is 2. The summed E-state index contributed by atoms with van der Waals surface area (Å²) in [5.41, 5.74) is 11.0. The topological polar surface area (TPSA) is 77.5 Å². The molecule has 0 aliphatic carbocycles. The molecule has 1 heterocycles. The monoisotopic (exact) mass is 349 g/mol. The van der Waals surface area contributed by atoms with Crippen LogP contribution in [-0.4, -0.2) is 22.8 Å². The lowest BCUT2D eigenvalue weighted by Gasteiger charge is -2.11. The van der Waals surface area contributed by atoms with Crippen LogP contribution < -0.4 is 15.8 Å². The summed E-state index contributed by atoms with van der Waals surface area (Å²) >= 11 is 0. The van der Waals surface area contributed by atoms with Crippen LogP contribution in [0.25, 0.3) is 5.69 Å². The average molecular weight is 349 g/mol. The summed E-state index contributed by atoms with van der Waals surface area (Å²) < 4.78 is 7.09. The minimum Gasteiger partial charge on any atom is -0.497 e. The number of hydrogen-bond acceptors (Lipinski definition) is 3. The Morgan fingerprint density at radius 3 is 2.54 bits per heavy atom. The van der Waals surface area contributed by atoms with E-state index in [-0.39, 0.29) is 0 Å². The lowest BCUT2D eigenvalue weighted by molar-refractivity contribution is 0.415. The molecule has 3 N–H and O–H groups in total. The summed E-state index contributed by atoms with van der Waals surface area (Å²) in [4.78, 5) is 4.47. The number of anilines is 1. The van der Waals surface area contributed by atoms with Crippen molar-refractivity contribution in [3.05, 3.63) is 71.5 Å². The number of nitrogens with one attached hydrogen (secondary N) is 1. The molecule has 0 fully saturated rings. The molecule has 0 atom stereocenters.